The van der Waals surface area contributed by atoms with Crippen LogP contribution in [-0.2, 0) is 15.5 Å². The molecule has 0 spiro atoms. The van der Waals surface area contributed by atoms with Crippen LogP contribution in [0.1, 0.15) is 45.4 Å². The summed E-state index contributed by atoms with van der Waals surface area (Å²) in [6.45, 7) is 10.7. The highest BCUT2D eigenvalue weighted by Gasteiger charge is 2.44. The number of hydrogen-bond acceptors (Lipinski definition) is 7. The molecule has 170 valence electrons. The number of carbonyl (C=O) groups is 1. The Kier molecular flexibility index (Phi) is 6.46. The van der Waals surface area contributed by atoms with E-state index in [0.717, 1.165) is 0 Å². The van der Waals surface area contributed by atoms with Gasteiger partial charge in [0.2, 0.25) is 5.88 Å². The Hall–Kier alpha value is -3.12. The average Bonchev–Trinajstić information content (AvgIpc) is 3.14. The third kappa shape index (κ3) is 4.86. The summed E-state index contributed by atoms with van der Waals surface area (Å²) >= 11 is 0. The van der Waals surface area contributed by atoms with Crippen molar-refractivity contribution in [2.45, 2.75) is 57.8 Å². The van der Waals surface area contributed by atoms with E-state index in [1.54, 1.807) is 20.8 Å². The first-order valence-corrected chi connectivity index (χ1v) is 10.4. The van der Waals surface area contributed by atoms with E-state index in [1.807, 2.05) is 13.0 Å². The number of aromatic nitrogens is 2. The quantitative estimate of drug-likeness (QED) is 0.534. The van der Waals surface area contributed by atoms with Gasteiger partial charge in [0.1, 0.15) is 17.7 Å². The molecule has 0 radical (unpaired) electrons. The van der Waals surface area contributed by atoms with Gasteiger partial charge in [-0.25, -0.2) is 9.97 Å². The molecular formula is C23H26F2N4O3. The fourth-order valence-corrected chi connectivity index (χ4v) is 3.66. The molecule has 1 aromatic carbocycles. The molecule has 32 heavy (non-hydrogen) atoms. The van der Waals surface area contributed by atoms with Crippen molar-refractivity contribution < 1.29 is 23.0 Å². The third-order valence-electron chi connectivity index (χ3n) is 5.17. The van der Waals surface area contributed by atoms with Gasteiger partial charge < -0.3 is 14.8 Å². The zero-order chi connectivity index (χ0) is 23.7. The molecule has 3 unspecified atom stereocenters. The zero-order valence-electron chi connectivity index (χ0n) is 18.5. The minimum atomic E-state index is -3.48. The third-order valence-corrected chi connectivity index (χ3v) is 5.17. The first-order chi connectivity index (χ1) is 15.0. The maximum atomic E-state index is 14.6. The number of nitriles is 1. The van der Waals surface area contributed by atoms with Crippen molar-refractivity contribution in [3.63, 3.8) is 0 Å². The summed E-state index contributed by atoms with van der Waals surface area (Å²) in [6, 6.07) is 5.75. The van der Waals surface area contributed by atoms with E-state index in [4.69, 9.17) is 14.7 Å². The largest absolute Gasteiger partial charge is 0.471 e. The van der Waals surface area contributed by atoms with Gasteiger partial charge in [0.05, 0.1) is 22.7 Å². The van der Waals surface area contributed by atoms with Crippen LogP contribution >= 0.6 is 0 Å². The number of ether oxygens (including phenoxy) is 2. The van der Waals surface area contributed by atoms with E-state index in [2.05, 4.69) is 21.9 Å². The Morgan fingerprint density at radius 1 is 1.34 bits per heavy atom. The van der Waals surface area contributed by atoms with Gasteiger partial charge in [0, 0.05) is 12.5 Å². The van der Waals surface area contributed by atoms with Gasteiger partial charge in [-0.05, 0) is 51.5 Å². The van der Waals surface area contributed by atoms with Gasteiger partial charge in [-0.3, -0.25) is 4.79 Å². The van der Waals surface area contributed by atoms with E-state index in [0.29, 0.717) is 18.1 Å². The van der Waals surface area contributed by atoms with Crippen molar-refractivity contribution in [1.82, 2.24) is 15.3 Å². The lowest BCUT2D eigenvalue weighted by molar-refractivity contribution is -0.158. The van der Waals surface area contributed by atoms with E-state index >= 15 is 0 Å². The van der Waals surface area contributed by atoms with Crippen LogP contribution in [0.15, 0.2) is 30.9 Å². The van der Waals surface area contributed by atoms with Crippen molar-refractivity contribution in [3.8, 4) is 11.9 Å². The number of fused-ring (bicyclic) bond motifs is 1. The van der Waals surface area contributed by atoms with Crippen LogP contribution < -0.4 is 10.1 Å². The molecule has 1 aromatic heterocycles. The zero-order valence-corrected chi connectivity index (χ0v) is 18.5. The van der Waals surface area contributed by atoms with Gasteiger partial charge in [0.15, 0.2) is 5.69 Å². The van der Waals surface area contributed by atoms with Gasteiger partial charge in [0.25, 0.3) is 0 Å². The molecule has 3 atom stereocenters. The number of alkyl halides is 2. The number of halogens is 2. The second-order valence-corrected chi connectivity index (χ2v) is 8.67. The smallest absolute Gasteiger partial charge is 0.324 e. The molecular weight excluding hydrogens is 418 g/mol. The number of allylic oxidation sites excluding steroid dienone is 1. The number of nitrogens with one attached hydrogen (secondary N) is 1. The van der Waals surface area contributed by atoms with Gasteiger partial charge in [-0.2, -0.15) is 14.0 Å². The minimum Gasteiger partial charge on any atom is -0.471 e. The predicted octanol–water partition coefficient (Wildman–Crippen LogP) is 3.87. The second kappa shape index (κ2) is 8.79. The van der Waals surface area contributed by atoms with Crippen molar-refractivity contribution in [3.05, 3.63) is 42.1 Å². The molecule has 1 aliphatic heterocycles. The van der Waals surface area contributed by atoms with Crippen molar-refractivity contribution in [2.24, 2.45) is 5.92 Å². The summed E-state index contributed by atoms with van der Waals surface area (Å²) in [5.74, 6) is -4.58. The number of benzene rings is 1. The van der Waals surface area contributed by atoms with Crippen LogP contribution in [0.4, 0.5) is 8.78 Å². The summed E-state index contributed by atoms with van der Waals surface area (Å²) in [7, 11) is 0. The van der Waals surface area contributed by atoms with Crippen LogP contribution in [0.2, 0.25) is 0 Å². The topological polar surface area (TPSA) is 97.1 Å². The lowest BCUT2D eigenvalue weighted by Crippen LogP contribution is -2.41. The summed E-state index contributed by atoms with van der Waals surface area (Å²) in [5.41, 5.74) is -0.543. The minimum absolute atomic E-state index is 0.205. The molecule has 1 aliphatic rings. The highest BCUT2D eigenvalue weighted by molar-refractivity contribution is 5.78. The first kappa shape index (κ1) is 23.5. The SMILES string of the molecule is C=CC(F)(F)c1nc2ccc(C#N)cc2nc1OC1CNC(C(=O)OC(C)(C)C)C1CC. The molecule has 0 amide bonds. The molecule has 0 saturated carbocycles. The van der Waals surface area contributed by atoms with E-state index in [9.17, 15) is 13.6 Å². The number of esters is 1. The Morgan fingerprint density at radius 2 is 2.06 bits per heavy atom. The Bertz CT molecular complexity index is 1080. The normalized spacial score (nSPS) is 21.2. The van der Waals surface area contributed by atoms with Gasteiger partial charge in [-0.1, -0.05) is 13.5 Å². The monoisotopic (exact) mass is 444 g/mol. The summed E-state index contributed by atoms with van der Waals surface area (Å²) < 4.78 is 40.7. The van der Waals surface area contributed by atoms with E-state index in [-0.39, 0.29) is 29.4 Å². The van der Waals surface area contributed by atoms with E-state index < -0.39 is 35.3 Å². The summed E-state index contributed by atoms with van der Waals surface area (Å²) in [5, 5.41) is 12.2. The Morgan fingerprint density at radius 3 is 2.66 bits per heavy atom. The van der Waals surface area contributed by atoms with Crippen LogP contribution in [-0.4, -0.2) is 40.2 Å². The molecule has 0 aliphatic carbocycles. The molecule has 2 heterocycles. The number of nitrogens with zero attached hydrogens (tertiary/aromatic N) is 3. The van der Waals surface area contributed by atoms with Crippen LogP contribution in [0.3, 0.4) is 0 Å². The Balaban J connectivity index is 1.97. The fraction of sp³-hybridized carbons (Fsp3) is 0.478. The molecule has 9 heteroatoms. The predicted molar refractivity (Wildman–Crippen MR) is 114 cm³/mol. The lowest BCUT2D eigenvalue weighted by Gasteiger charge is -2.26. The highest BCUT2D eigenvalue weighted by Crippen LogP contribution is 2.36. The number of hydrogen-bond donors (Lipinski definition) is 1. The molecule has 7 nitrogen and oxygen atoms in total. The first-order valence-electron chi connectivity index (χ1n) is 10.4. The fourth-order valence-electron chi connectivity index (χ4n) is 3.66. The van der Waals surface area contributed by atoms with Crippen molar-refractivity contribution in [1.29, 1.82) is 5.26 Å². The molecule has 3 rings (SSSR count). The maximum absolute atomic E-state index is 14.6. The van der Waals surface area contributed by atoms with Gasteiger partial charge >= 0.3 is 11.9 Å². The summed E-state index contributed by atoms with van der Waals surface area (Å²) in [6.07, 6.45) is 0.421. The molecule has 1 saturated heterocycles. The molecule has 2 aromatic rings. The van der Waals surface area contributed by atoms with Crippen LogP contribution in [0.25, 0.3) is 11.0 Å². The maximum Gasteiger partial charge on any atom is 0.324 e. The van der Waals surface area contributed by atoms with E-state index in [1.165, 1.54) is 18.2 Å². The Labute approximate surface area is 185 Å². The van der Waals surface area contributed by atoms with Crippen LogP contribution in [0.5, 0.6) is 5.88 Å². The highest BCUT2D eigenvalue weighted by atomic mass is 19.3. The number of rotatable bonds is 6. The standard InChI is InChI=1S/C23H26F2N4O3/c1-6-14-17(12-27-18(14)21(30)32-22(3,4)5)31-20-19(23(24,25)7-2)28-15-9-8-13(11-26)10-16(15)29-20/h7-10,14,17-18,27H,2,6,12H2,1,3-5H3. The molecule has 1 N–H and O–H groups in total. The lowest BCUT2D eigenvalue weighted by atomic mass is 9.95. The second-order valence-electron chi connectivity index (χ2n) is 8.67. The van der Waals surface area contributed by atoms with Crippen molar-refractivity contribution in [2.75, 3.05) is 6.54 Å². The average molecular weight is 444 g/mol. The molecule has 1 fully saturated rings. The molecule has 0 bridgehead atoms. The number of carbonyl (C=O) groups excluding carboxylic acids is 1. The van der Waals surface area contributed by atoms with Crippen LogP contribution in [0, 0.1) is 17.2 Å². The van der Waals surface area contributed by atoms with Crippen molar-refractivity contribution >= 4 is 17.0 Å². The van der Waals surface area contributed by atoms with Gasteiger partial charge in [-0.15, -0.1) is 0 Å². The summed E-state index contributed by atoms with van der Waals surface area (Å²) in [4.78, 5) is 20.9.